The minimum absolute atomic E-state index is 0.251. The van der Waals surface area contributed by atoms with Crippen LogP contribution in [-0.4, -0.2) is 5.97 Å². The SMILES string of the molecule is CCc1ccccc1-c1cccc(COC(C)=O)c1. The summed E-state index contributed by atoms with van der Waals surface area (Å²) in [4.78, 5) is 10.9. The van der Waals surface area contributed by atoms with Gasteiger partial charge in [0.15, 0.2) is 0 Å². The van der Waals surface area contributed by atoms with Crippen LogP contribution in [0, 0.1) is 0 Å². The van der Waals surface area contributed by atoms with Gasteiger partial charge >= 0.3 is 5.97 Å². The van der Waals surface area contributed by atoms with Crippen molar-refractivity contribution in [2.45, 2.75) is 26.9 Å². The predicted octanol–water partition coefficient (Wildman–Crippen LogP) is 3.98. The molecule has 0 saturated carbocycles. The topological polar surface area (TPSA) is 26.3 Å². The first-order valence-corrected chi connectivity index (χ1v) is 6.51. The summed E-state index contributed by atoms with van der Waals surface area (Å²) in [6.45, 7) is 3.91. The zero-order valence-corrected chi connectivity index (χ0v) is 11.3. The number of carbonyl (C=O) groups is 1. The van der Waals surface area contributed by atoms with Gasteiger partial charge in [-0.25, -0.2) is 0 Å². The van der Waals surface area contributed by atoms with Gasteiger partial charge in [0.05, 0.1) is 0 Å². The van der Waals surface area contributed by atoms with Crippen LogP contribution in [0.4, 0.5) is 0 Å². The van der Waals surface area contributed by atoms with Crippen LogP contribution in [-0.2, 0) is 22.6 Å². The molecule has 2 heteroatoms. The number of hydrogen-bond acceptors (Lipinski definition) is 2. The van der Waals surface area contributed by atoms with E-state index in [4.69, 9.17) is 4.74 Å². The normalized spacial score (nSPS) is 10.2. The maximum absolute atomic E-state index is 10.9. The second-order valence-electron chi connectivity index (χ2n) is 4.49. The zero-order chi connectivity index (χ0) is 13.7. The van der Waals surface area contributed by atoms with Crippen molar-refractivity contribution in [3.8, 4) is 11.1 Å². The Balaban J connectivity index is 2.29. The van der Waals surface area contributed by atoms with E-state index in [2.05, 4.69) is 37.3 Å². The van der Waals surface area contributed by atoms with Gasteiger partial charge in [0.25, 0.3) is 0 Å². The highest BCUT2D eigenvalue weighted by Gasteiger charge is 2.04. The van der Waals surface area contributed by atoms with Crippen molar-refractivity contribution in [3.05, 3.63) is 59.7 Å². The third-order valence-electron chi connectivity index (χ3n) is 3.08. The molecule has 0 unspecified atom stereocenters. The predicted molar refractivity (Wildman–Crippen MR) is 76.7 cm³/mol. The van der Waals surface area contributed by atoms with Crippen LogP contribution < -0.4 is 0 Å². The summed E-state index contributed by atoms with van der Waals surface area (Å²) in [5.41, 5.74) is 4.75. The molecule has 0 N–H and O–H groups in total. The van der Waals surface area contributed by atoms with Gasteiger partial charge in [0.1, 0.15) is 6.61 Å². The number of rotatable bonds is 4. The highest BCUT2D eigenvalue weighted by Crippen LogP contribution is 2.25. The first kappa shape index (κ1) is 13.3. The average Bonchev–Trinajstić information content (AvgIpc) is 2.45. The van der Waals surface area contributed by atoms with Gasteiger partial charge in [0, 0.05) is 6.92 Å². The van der Waals surface area contributed by atoms with Crippen molar-refractivity contribution in [3.63, 3.8) is 0 Å². The monoisotopic (exact) mass is 254 g/mol. The Hall–Kier alpha value is -2.09. The minimum Gasteiger partial charge on any atom is -0.461 e. The highest BCUT2D eigenvalue weighted by atomic mass is 16.5. The smallest absolute Gasteiger partial charge is 0.302 e. The summed E-state index contributed by atoms with van der Waals surface area (Å²) >= 11 is 0. The molecule has 0 radical (unpaired) electrons. The molecular weight excluding hydrogens is 236 g/mol. The van der Waals surface area contributed by atoms with E-state index in [9.17, 15) is 4.79 Å². The molecule has 98 valence electrons. The molecule has 0 spiro atoms. The molecular formula is C17H18O2. The van der Waals surface area contributed by atoms with Crippen molar-refractivity contribution in [2.75, 3.05) is 0 Å². The molecule has 0 fully saturated rings. The van der Waals surface area contributed by atoms with Gasteiger partial charge in [0.2, 0.25) is 0 Å². The Morgan fingerprint density at radius 3 is 2.63 bits per heavy atom. The van der Waals surface area contributed by atoms with E-state index < -0.39 is 0 Å². The maximum atomic E-state index is 10.9. The van der Waals surface area contributed by atoms with Crippen LogP contribution in [0.1, 0.15) is 25.0 Å². The average molecular weight is 254 g/mol. The molecule has 2 nitrogen and oxygen atoms in total. The van der Waals surface area contributed by atoms with E-state index in [1.807, 2.05) is 18.2 Å². The Morgan fingerprint density at radius 1 is 1.11 bits per heavy atom. The second-order valence-corrected chi connectivity index (χ2v) is 4.49. The van der Waals surface area contributed by atoms with Crippen molar-refractivity contribution < 1.29 is 9.53 Å². The first-order valence-electron chi connectivity index (χ1n) is 6.51. The first-order chi connectivity index (χ1) is 9.20. The van der Waals surface area contributed by atoms with Gasteiger partial charge in [-0.1, -0.05) is 49.4 Å². The zero-order valence-electron chi connectivity index (χ0n) is 11.3. The molecule has 0 aliphatic carbocycles. The molecule has 0 bridgehead atoms. The fraction of sp³-hybridized carbons (Fsp3) is 0.235. The van der Waals surface area contributed by atoms with Crippen LogP contribution in [0.15, 0.2) is 48.5 Å². The van der Waals surface area contributed by atoms with Gasteiger partial charge in [-0.05, 0) is 34.7 Å². The largest absolute Gasteiger partial charge is 0.461 e. The summed E-state index contributed by atoms with van der Waals surface area (Å²) < 4.78 is 5.04. The lowest BCUT2D eigenvalue weighted by Crippen LogP contribution is -1.99. The standard InChI is InChI=1S/C17H18O2/c1-3-15-8-4-5-10-17(15)16-9-6-7-14(11-16)12-19-13(2)18/h4-11H,3,12H2,1-2H3. The number of carbonyl (C=O) groups excluding carboxylic acids is 1. The lowest BCUT2D eigenvalue weighted by atomic mass is 9.97. The molecule has 0 aromatic heterocycles. The molecule has 0 amide bonds. The second kappa shape index (κ2) is 6.19. The Kier molecular flexibility index (Phi) is 4.35. The molecule has 0 aliphatic heterocycles. The summed E-state index contributed by atoms with van der Waals surface area (Å²) in [7, 11) is 0. The third kappa shape index (κ3) is 3.44. The van der Waals surface area contributed by atoms with Crippen LogP contribution >= 0.6 is 0 Å². The van der Waals surface area contributed by atoms with Crippen molar-refractivity contribution in [1.82, 2.24) is 0 Å². The van der Waals surface area contributed by atoms with E-state index in [-0.39, 0.29) is 5.97 Å². The molecule has 2 aromatic carbocycles. The van der Waals surface area contributed by atoms with Crippen LogP contribution in [0.25, 0.3) is 11.1 Å². The molecule has 19 heavy (non-hydrogen) atoms. The minimum atomic E-state index is -0.251. The summed E-state index contributed by atoms with van der Waals surface area (Å²) in [5, 5.41) is 0. The van der Waals surface area contributed by atoms with Crippen LogP contribution in [0.3, 0.4) is 0 Å². The Labute approximate surface area is 114 Å². The summed E-state index contributed by atoms with van der Waals surface area (Å²) in [6, 6.07) is 16.5. The van der Waals surface area contributed by atoms with Gasteiger partial charge in [-0.3, -0.25) is 4.79 Å². The van der Waals surface area contributed by atoms with Gasteiger partial charge in [-0.15, -0.1) is 0 Å². The fourth-order valence-electron chi connectivity index (χ4n) is 2.12. The molecule has 2 rings (SSSR count). The number of aryl methyl sites for hydroxylation is 1. The Bertz CT molecular complexity index is 573. The Morgan fingerprint density at radius 2 is 1.89 bits per heavy atom. The van der Waals surface area contributed by atoms with E-state index in [1.165, 1.54) is 23.6 Å². The van der Waals surface area contributed by atoms with Gasteiger partial charge in [-0.2, -0.15) is 0 Å². The third-order valence-corrected chi connectivity index (χ3v) is 3.08. The fourth-order valence-corrected chi connectivity index (χ4v) is 2.12. The maximum Gasteiger partial charge on any atom is 0.302 e. The van der Waals surface area contributed by atoms with Gasteiger partial charge < -0.3 is 4.74 Å². The number of hydrogen-bond donors (Lipinski definition) is 0. The molecule has 2 aromatic rings. The van der Waals surface area contributed by atoms with Crippen molar-refractivity contribution in [2.24, 2.45) is 0 Å². The van der Waals surface area contributed by atoms with E-state index in [1.54, 1.807) is 0 Å². The summed E-state index contributed by atoms with van der Waals surface area (Å²) in [5.74, 6) is -0.251. The van der Waals surface area contributed by atoms with Crippen LogP contribution in [0.2, 0.25) is 0 Å². The van der Waals surface area contributed by atoms with E-state index >= 15 is 0 Å². The van der Waals surface area contributed by atoms with E-state index in [0.29, 0.717) is 6.61 Å². The number of ether oxygens (including phenoxy) is 1. The van der Waals surface area contributed by atoms with E-state index in [0.717, 1.165) is 12.0 Å². The lowest BCUT2D eigenvalue weighted by Gasteiger charge is -2.09. The van der Waals surface area contributed by atoms with Crippen molar-refractivity contribution >= 4 is 5.97 Å². The van der Waals surface area contributed by atoms with Crippen molar-refractivity contribution in [1.29, 1.82) is 0 Å². The molecule has 0 saturated heterocycles. The summed E-state index contributed by atoms with van der Waals surface area (Å²) in [6.07, 6.45) is 1.00. The highest BCUT2D eigenvalue weighted by molar-refractivity contribution is 5.68. The molecule has 0 aliphatic rings. The quantitative estimate of drug-likeness (QED) is 0.771. The lowest BCUT2D eigenvalue weighted by molar-refractivity contribution is -0.142. The molecule has 0 heterocycles. The van der Waals surface area contributed by atoms with Crippen LogP contribution in [0.5, 0.6) is 0 Å². The molecule has 0 atom stereocenters. The number of esters is 1. The number of benzene rings is 2.